The van der Waals surface area contributed by atoms with E-state index in [4.69, 9.17) is 0 Å². The summed E-state index contributed by atoms with van der Waals surface area (Å²) in [5, 5.41) is 0. The molecule has 0 saturated carbocycles. The van der Waals surface area contributed by atoms with Crippen LogP contribution < -0.4 is 15.2 Å². The van der Waals surface area contributed by atoms with Crippen LogP contribution in [0.1, 0.15) is 25.3 Å². The largest absolute Gasteiger partial charge is 0.290 e. The minimum atomic E-state index is -0.296. The van der Waals surface area contributed by atoms with Crippen molar-refractivity contribution in [1.82, 2.24) is 4.57 Å². The lowest BCUT2D eigenvalue weighted by molar-refractivity contribution is 0.794. The average Bonchev–Trinajstić information content (AvgIpc) is 3.09. The van der Waals surface area contributed by atoms with E-state index in [9.17, 15) is 14.4 Å². The molecule has 4 rings (SSSR count). The Balaban J connectivity index is 1.89. The van der Waals surface area contributed by atoms with E-state index < -0.39 is 0 Å². The number of aryl methyl sites for hydroxylation is 1. The van der Waals surface area contributed by atoms with E-state index in [1.807, 2.05) is 24.3 Å². The van der Waals surface area contributed by atoms with Crippen LogP contribution in [0.3, 0.4) is 0 Å². The Hall–Kier alpha value is -1.61. The van der Waals surface area contributed by atoms with Crippen LogP contribution in [0.15, 0.2) is 38.6 Å². The van der Waals surface area contributed by atoms with Crippen LogP contribution in [0.2, 0.25) is 0 Å². The molecule has 0 radical (unpaired) electrons. The zero-order valence-electron chi connectivity index (χ0n) is 13.2. The Bertz CT molecular complexity index is 1220. The molecule has 0 fully saturated rings. The number of unbranched alkanes of at least 4 members (excludes halogenated alkanes) is 1. The van der Waals surface area contributed by atoms with Gasteiger partial charge in [-0.05, 0) is 30.5 Å². The van der Waals surface area contributed by atoms with Crippen molar-refractivity contribution in [3.8, 4) is 5.69 Å². The molecule has 0 aliphatic carbocycles. The molecule has 2 aromatic rings. The first-order valence-electron chi connectivity index (χ1n) is 7.80. The lowest BCUT2D eigenvalue weighted by atomic mass is 10.1. The highest BCUT2D eigenvalue weighted by Crippen LogP contribution is 2.29. The lowest BCUT2D eigenvalue weighted by Gasteiger charge is -2.03. The van der Waals surface area contributed by atoms with Gasteiger partial charge in [0.2, 0.25) is 0 Å². The second-order valence-electron chi connectivity index (χ2n) is 5.61. The highest BCUT2D eigenvalue weighted by Gasteiger charge is 2.15. The number of benzene rings is 1. The van der Waals surface area contributed by atoms with Crippen molar-refractivity contribution in [2.45, 2.75) is 26.2 Å². The molecule has 3 heterocycles. The monoisotopic (exact) mass is 407 g/mol. The Morgan fingerprint density at radius 1 is 0.840 bits per heavy atom. The lowest BCUT2D eigenvalue weighted by Crippen LogP contribution is -2.24. The van der Waals surface area contributed by atoms with Gasteiger partial charge >= 0.3 is 0 Å². The molecule has 1 aromatic carbocycles. The topological polar surface area (TPSA) is 56.1 Å². The summed E-state index contributed by atoms with van der Waals surface area (Å²) in [4.78, 5) is 37.1. The van der Waals surface area contributed by atoms with Crippen LogP contribution in [0.5, 0.6) is 0 Å². The number of fused-ring (bicyclic) bond motifs is 1. The maximum atomic E-state index is 12.8. The van der Waals surface area contributed by atoms with Crippen LogP contribution in [-0.2, 0) is 6.42 Å². The zero-order valence-corrected chi connectivity index (χ0v) is 16.5. The van der Waals surface area contributed by atoms with Crippen LogP contribution in [0.25, 0.3) is 13.7 Å². The fourth-order valence-corrected chi connectivity index (χ4v) is 7.91. The quantitative estimate of drug-likeness (QED) is 0.513. The van der Waals surface area contributed by atoms with Crippen molar-refractivity contribution < 1.29 is 0 Å². The Morgan fingerprint density at radius 3 is 1.92 bits per heavy atom. The summed E-state index contributed by atoms with van der Waals surface area (Å²) >= 11 is 4.77. The summed E-state index contributed by atoms with van der Waals surface area (Å²) < 4.78 is 3.74. The minimum absolute atomic E-state index is 0.00871. The predicted molar refractivity (Wildman–Crippen MR) is 108 cm³/mol. The third-order valence-electron chi connectivity index (χ3n) is 3.92. The summed E-state index contributed by atoms with van der Waals surface area (Å²) in [6.07, 6.45) is 3.25. The third-order valence-corrected chi connectivity index (χ3v) is 9.13. The molecule has 1 aromatic heterocycles. The summed E-state index contributed by atoms with van der Waals surface area (Å²) in [7, 11) is 0. The predicted octanol–water partition coefficient (Wildman–Crippen LogP) is 4.02. The van der Waals surface area contributed by atoms with Crippen LogP contribution in [-0.4, -0.2) is 4.57 Å². The molecule has 0 saturated heterocycles. The molecule has 2 aliphatic rings. The normalized spacial score (nSPS) is 11.6. The number of hydrogen-bond acceptors (Lipinski definition) is 7. The van der Waals surface area contributed by atoms with Gasteiger partial charge in [-0.1, -0.05) is 48.2 Å². The van der Waals surface area contributed by atoms with E-state index in [1.54, 1.807) is 0 Å². The molecule has 2 aliphatic heterocycles. The molecule has 25 heavy (non-hydrogen) atoms. The minimum Gasteiger partial charge on any atom is -0.267 e. The highest BCUT2D eigenvalue weighted by molar-refractivity contribution is 7.52. The van der Waals surface area contributed by atoms with Crippen molar-refractivity contribution in [1.29, 1.82) is 0 Å². The van der Waals surface area contributed by atoms with Crippen molar-refractivity contribution in [2.24, 2.45) is 0 Å². The first kappa shape index (κ1) is 16.8. The van der Waals surface area contributed by atoms with E-state index in [0.717, 1.165) is 50.0 Å². The second-order valence-corrected chi connectivity index (χ2v) is 10.4. The van der Waals surface area contributed by atoms with Gasteiger partial charge < -0.3 is 0 Å². The van der Waals surface area contributed by atoms with Crippen molar-refractivity contribution in [3.05, 3.63) is 68.5 Å². The van der Waals surface area contributed by atoms with Crippen LogP contribution in [0, 0.1) is 9.06 Å². The number of aromatic nitrogens is 1. The summed E-state index contributed by atoms with van der Waals surface area (Å²) in [6, 6.07) is 7.63. The molecule has 0 bridgehead atoms. The van der Waals surface area contributed by atoms with Gasteiger partial charge in [-0.3, -0.25) is 14.4 Å². The highest BCUT2D eigenvalue weighted by atomic mass is 32.2. The van der Waals surface area contributed by atoms with E-state index in [-0.39, 0.29) is 15.2 Å². The van der Waals surface area contributed by atoms with Crippen molar-refractivity contribution in [2.75, 3.05) is 0 Å². The molecular weight excluding hydrogens is 394 g/mol. The van der Waals surface area contributed by atoms with Gasteiger partial charge in [-0.15, -0.1) is 22.7 Å². The Labute approximate surface area is 157 Å². The van der Waals surface area contributed by atoms with E-state index in [1.165, 1.54) is 32.8 Å². The van der Waals surface area contributed by atoms with Crippen molar-refractivity contribution >= 4 is 53.4 Å². The van der Waals surface area contributed by atoms with Crippen LogP contribution >= 0.6 is 45.3 Å². The van der Waals surface area contributed by atoms with Gasteiger partial charge in [0.05, 0.1) is 5.69 Å². The van der Waals surface area contributed by atoms with Gasteiger partial charge in [0, 0.05) is 0 Å². The van der Waals surface area contributed by atoms with Crippen molar-refractivity contribution in [3.63, 3.8) is 0 Å². The first-order valence-corrected chi connectivity index (χ1v) is 11.1. The molecule has 128 valence electrons. The SMILES string of the molecule is CCCCc1ccc(-n2c(=O)c3sc4sc(=O)sc4sc=3c2=O)cc1. The number of rotatable bonds is 4. The molecule has 0 spiro atoms. The first-order chi connectivity index (χ1) is 12.1. The smallest absolute Gasteiger partial charge is 0.267 e. The zero-order chi connectivity index (χ0) is 17.6. The molecule has 0 amide bonds. The molecule has 8 heteroatoms. The van der Waals surface area contributed by atoms with Gasteiger partial charge in [-0.25, -0.2) is 4.57 Å². The van der Waals surface area contributed by atoms with Gasteiger partial charge in [-0.2, -0.15) is 0 Å². The van der Waals surface area contributed by atoms with Gasteiger partial charge in [0.15, 0.2) is 0 Å². The molecule has 0 atom stereocenters. The maximum absolute atomic E-state index is 12.8. The Kier molecular flexibility index (Phi) is 4.45. The van der Waals surface area contributed by atoms with Gasteiger partial charge in [0.1, 0.15) is 17.1 Å². The average molecular weight is 408 g/mol. The van der Waals surface area contributed by atoms with E-state index >= 15 is 0 Å². The van der Waals surface area contributed by atoms with E-state index in [0.29, 0.717) is 14.8 Å². The second kappa shape index (κ2) is 6.60. The summed E-state index contributed by atoms with van der Waals surface area (Å²) in [5.74, 6) is 0. The summed E-state index contributed by atoms with van der Waals surface area (Å²) in [5.41, 5.74) is 1.21. The standard InChI is InChI=1S/C17H13NO3S4/c1-2-3-4-9-5-7-10(8-6-9)18-13(19)11-12(14(18)20)23-16-15(22-11)24-17(21)25-16/h5-8H,2-4H2,1H3. The van der Waals surface area contributed by atoms with Gasteiger partial charge in [0.25, 0.3) is 15.2 Å². The van der Waals surface area contributed by atoms with Crippen LogP contribution in [0.4, 0.5) is 0 Å². The Morgan fingerprint density at radius 2 is 1.40 bits per heavy atom. The maximum Gasteiger partial charge on any atom is 0.290 e. The summed E-state index contributed by atoms with van der Waals surface area (Å²) in [6.45, 7) is 2.15. The molecule has 0 N–H and O–H groups in total. The number of nitrogens with zero attached hydrogens (tertiary/aromatic N) is 1. The fourth-order valence-electron chi connectivity index (χ4n) is 2.66. The fraction of sp³-hybridized carbons (Fsp3) is 0.235. The number of hydrogen-bond donors (Lipinski definition) is 0. The third kappa shape index (κ3) is 2.93. The molecule has 0 unspecified atom stereocenters. The molecule has 4 nitrogen and oxygen atoms in total. The molecular formula is C17H13NO3S4. The van der Waals surface area contributed by atoms with E-state index in [2.05, 4.69) is 6.92 Å².